The maximum Gasteiger partial charge on any atom is 0.419 e. The van der Waals surface area contributed by atoms with Gasteiger partial charge in [0.2, 0.25) is 21.9 Å². The summed E-state index contributed by atoms with van der Waals surface area (Å²) in [5.74, 6) is -0.315. The summed E-state index contributed by atoms with van der Waals surface area (Å²) in [5.41, 5.74) is 0.317. The number of anilines is 4. The number of piperazine rings is 1. The lowest BCUT2D eigenvalue weighted by Gasteiger charge is -2.36. The Morgan fingerprint density at radius 1 is 1.04 bits per heavy atom. The Bertz CT molecular complexity index is 1660. The zero-order chi connectivity index (χ0) is 33.8. The first-order chi connectivity index (χ1) is 21.6. The van der Waals surface area contributed by atoms with E-state index < -0.39 is 27.6 Å². The van der Waals surface area contributed by atoms with Gasteiger partial charge < -0.3 is 19.9 Å². The molecular weight excluding hydrogens is 630 g/mol. The van der Waals surface area contributed by atoms with Gasteiger partial charge in [-0.1, -0.05) is 6.07 Å². The Labute approximate surface area is 265 Å². The van der Waals surface area contributed by atoms with Crippen LogP contribution in [0.1, 0.15) is 16.8 Å². The fourth-order valence-corrected chi connectivity index (χ4v) is 5.50. The van der Waals surface area contributed by atoms with E-state index in [0.29, 0.717) is 55.9 Å². The van der Waals surface area contributed by atoms with Crippen LogP contribution in [0.3, 0.4) is 0 Å². The van der Waals surface area contributed by atoms with Gasteiger partial charge in [0, 0.05) is 65.3 Å². The maximum atomic E-state index is 14.0. The largest absolute Gasteiger partial charge is 0.494 e. The van der Waals surface area contributed by atoms with E-state index in [2.05, 4.69) is 25.1 Å². The van der Waals surface area contributed by atoms with Crippen LogP contribution in [0.2, 0.25) is 0 Å². The highest BCUT2D eigenvalue weighted by molar-refractivity contribution is 7.92. The van der Waals surface area contributed by atoms with Gasteiger partial charge in [0.25, 0.3) is 0 Å². The number of nitrogens with one attached hydrogen (secondary N) is 1. The third kappa shape index (κ3) is 8.54. The summed E-state index contributed by atoms with van der Waals surface area (Å²) in [6, 6.07) is 8.87. The van der Waals surface area contributed by atoms with E-state index in [0.717, 1.165) is 28.4 Å². The molecule has 46 heavy (non-hydrogen) atoms. The van der Waals surface area contributed by atoms with Gasteiger partial charge in [0.05, 0.1) is 42.5 Å². The Morgan fingerprint density at radius 2 is 1.74 bits per heavy atom. The molecule has 0 aliphatic carbocycles. The monoisotopic (exact) mass is 667 g/mol. The van der Waals surface area contributed by atoms with E-state index in [1.807, 2.05) is 12.1 Å². The van der Waals surface area contributed by atoms with E-state index in [-0.39, 0.29) is 36.1 Å². The number of nitrogens with zero attached hydrogens (tertiary/aromatic N) is 6. The Balaban J connectivity index is 1.53. The normalized spacial score (nSPS) is 14.2. The number of likely N-dealkylation sites (N-methyl/N-ethyl adjacent to an activating group) is 1. The summed E-state index contributed by atoms with van der Waals surface area (Å²) < 4.78 is 86.4. The number of alkyl halides is 3. The standard InChI is InChI=1S/C30H37F4N7O4S/c1-38(2)28(42)19-40-12-14-41(15-13-40)22-9-11-25(27(17-22)45-4)37-29-35-18-23(30(32,33)34)24(36-29)10-7-20-6-8-21(31)16-26(20)39(3)46(5,43)44/h6,8-9,11,16-18H,7,10,12-15,19H2,1-5H3,(H,35,36,37). The van der Waals surface area contributed by atoms with Crippen LogP contribution in [-0.2, 0) is 33.8 Å². The zero-order valence-electron chi connectivity index (χ0n) is 26.2. The lowest BCUT2D eigenvalue weighted by atomic mass is 10.0. The number of sulfonamides is 1. The summed E-state index contributed by atoms with van der Waals surface area (Å²) in [6.45, 7) is 3.14. The predicted octanol–water partition coefficient (Wildman–Crippen LogP) is 3.78. The fraction of sp³-hybridized carbons (Fsp3) is 0.433. The number of amides is 1. The van der Waals surface area contributed by atoms with Crippen molar-refractivity contribution in [3.63, 3.8) is 0 Å². The van der Waals surface area contributed by atoms with Crippen LogP contribution in [0.4, 0.5) is 40.6 Å². The fourth-order valence-electron chi connectivity index (χ4n) is 4.98. The third-order valence-corrected chi connectivity index (χ3v) is 8.91. The number of benzene rings is 2. The summed E-state index contributed by atoms with van der Waals surface area (Å²) in [4.78, 5) is 25.9. The van der Waals surface area contributed by atoms with E-state index in [9.17, 15) is 30.8 Å². The lowest BCUT2D eigenvalue weighted by Crippen LogP contribution is -2.49. The highest BCUT2D eigenvalue weighted by Gasteiger charge is 2.35. The summed E-state index contributed by atoms with van der Waals surface area (Å²) in [7, 11) is 2.41. The predicted molar refractivity (Wildman–Crippen MR) is 168 cm³/mol. The molecule has 0 atom stereocenters. The Morgan fingerprint density at radius 3 is 2.35 bits per heavy atom. The van der Waals surface area contributed by atoms with Gasteiger partial charge >= 0.3 is 6.18 Å². The second-order valence-corrected chi connectivity index (χ2v) is 13.1. The van der Waals surface area contributed by atoms with Crippen LogP contribution in [0, 0.1) is 5.82 Å². The van der Waals surface area contributed by atoms with Crippen LogP contribution in [0.15, 0.2) is 42.6 Å². The van der Waals surface area contributed by atoms with Crippen LogP contribution in [-0.4, -0.2) is 101 Å². The van der Waals surface area contributed by atoms with Gasteiger partial charge in [0.15, 0.2) is 0 Å². The number of hydrogen-bond donors (Lipinski definition) is 1. The molecule has 1 saturated heterocycles. The molecule has 1 aliphatic rings. The van der Waals surface area contributed by atoms with Crippen molar-refractivity contribution in [1.82, 2.24) is 19.8 Å². The lowest BCUT2D eigenvalue weighted by molar-refractivity contribution is -0.138. The molecule has 3 aromatic rings. The molecular formula is C30H37F4N7O4S. The highest BCUT2D eigenvalue weighted by Crippen LogP contribution is 2.35. The van der Waals surface area contributed by atoms with Crippen molar-refractivity contribution in [3.8, 4) is 5.75 Å². The van der Waals surface area contributed by atoms with Crippen molar-refractivity contribution >= 4 is 38.9 Å². The van der Waals surface area contributed by atoms with Crippen molar-refractivity contribution in [2.75, 3.05) is 81.8 Å². The number of carbonyl (C=O) groups is 1. The van der Waals surface area contributed by atoms with Crippen LogP contribution < -0.4 is 19.3 Å². The highest BCUT2D eigenvalue weighted by atomic mass is 32.2. The van der Waals surface area contributed by atoms with E-state index in [1.165, 1.54) is 20.2 Å². The topological polar surface area (TPSA) is 111 Å². The molecule has 0 bridgehead atoms. The van der Waals surface area contributed by atoms with E-state index in [4.69, 9.17) is 4.74 Å². The van der Waals surface area contributed by atoms with Gasteiger partial charge in [-0.2, -0.15) is 13.2 Å². The summed E-state index contributed by atoms with van der Waals surface area (Å²) in [6.07, 6.45) is -3.39. The molecule has 1 N–H and O–H groups in total. The first-order valence-electron chi connectivity index (χ1n) is 14.3. The van der Waals surface area contributed by atoms with Gasteiger partial charge in [-0.25, -0.2) is 22.8 Å². The Hall–Kier alpha value is -4.18. The van der Waals surface area contributed by atoms with Crippen LogP contribution in [0.25, 0.3) is 0 Å². The zero-order valence-corrected chi connectivity index (χ0v) is 27.0. The quantitative estimate of drug-likeness (QED) is 0.306. The molecule has 11 nitrogen and oxygen atoms in total. The van der Waals surface area contributed by atoms with Crippen molar-refractivity contribution in [2.24, 2.45) is 0 Å². The Kier molecular flexibility index (Phi) is 10.6. The molecule has 0 unspecified atom stereocenters. The molecule has 0 spiro atoms. The molecule has 1 aliphatic heterocycles. The molecule has 0 radical (unpaired) electrons. The van der Waals surface area contributed by atoms with E-state index in [1.54, 1.807) is 25.1 Å². The molecule has 1 aromatic heterocycles. The average molecular weight is 668 g/mol. The number of aryl methyl sites for hydroxylation is 2. The minimum absolute atomic E-state index is 0.0248. The first-order valence-corrected chi connectivity index (χ1v) is 16.2. The second-order valence-electron chi connectivity index (χ2n) is 11.1. The average Bonchev–Trinajstić information content (AvgIpc) is 2.99. The number of ether oxygens (including phenoxy) is 1. The van der Waals surface area contributed by atoms with Gasteiger partial charge in [-0.15, -0.1) is 0 Å². The minimum Gasteiger partial charge on any atom is -0.494 e. The van der Waals surface area contributed by atoms with Gasteiger partial charge in [-0.05, 0) is 42.7 Å². The molecule has 1 amide bonds. The molecule has 2 heterocycles. The second kappa shape index (κ2) is 14.1. The minimum atomic E-state index is -4.74. The van der Waals surface area contributed by atoms with Gasteiger partial charge in [0.1, 0.15) is 11.6 Å². The first kappa shape index (κ1) is 34.7. The van der Waals surface area contributed by atoms with Crippen LogP contribution >= 0.6 is 0 Å². The number of carbonyl (C=O) groups excluding carboxylic acids is 1. The molecule has 2 aromatic carbocycles. The molecule has 0 saturated carbocycles. The molecule has 1 fully saturated rings. The molecule has 250 valence electrons. The molecule has 4 rings (SSSR count). The molecule has 16 heteroatoms. The van der Waals surface area contributed by atoms with Crippen molar-refractivity contribution in [1.29, 1.82) is 0 Å². The van der Waals surface area contributed by atoms with E-state index >= 15 is 0 Å². The smallest absolute Gasteiger partial charge is 0.419 e. The number of rotatable bonds is 11. The number of aromatic nitrogens is 2. The number of hydrogen-bond acceptors (Lipinski definition) is 9. The summed E-state index contributed by atoms with van der Waals surface area (Å²) >= 11 is 0. The number of halogens is 4. The SMILES string of the molecule is COc1cc(N2CCN(CC(=O)N(C)C)CC2)ccc1Nc1ncc(C(F)(F)F)c(CCc2ccc(F)cc2N(C)S(C)(=O)=O)n1. The third-order valence-electron chi connectivity index (χ3n) is 7.71. The maximum absolute atomic E-state index is 14.0. The summed E-state index contributed by atoms with van der Waals surface area (Å²) in [5, 5.41) is 2.95. The van der Waals surface area contributed by atoms with Crippen molar-refractivity contribution in [2.45, 2.75) is 19.0 Å². The van der Waals surface area contributed by atoms with Gasteiger partial charge in [-0.3, -0.25) is 14.0 Å². The number of methoxy groups -OCH3 is 1. The van der Waals surface area contributed by atoms with Crippen molar-refractivity contribution < 1.29 is 35.5 Å². The van der Waals surface area contributed by atoms with Crippen molar-refractivity contribution in [3.05, 3.63) is 65.2 Å². The van der Waals surface area contributed by atoms with Crippen LogP contribution in [0.5, 0.6) is 5.75 Å².